The van der Waals surface area contributed by atoms with Crippen LogP contribution in [0.2, 0.25) is 0 Å². The molecular formula is C14H14. The summed E-state index contributed by atoms with van der Waals surface area (Å²) in [6.45, 7) is 0. The van der Waals surface area contributed by atoms with Gasteiger partial charge in [-0.25, -0.2) is 0 Å². The van der Waals surface area contributed by atoms with Gasteiger partial charge in [0, 0.05) is 0 Å². The number of rotatable bonds is 1. The monoisotopic (exact) mass is 182 g/mol. The maximum Gasteiger partial charge on any atom is -0.0184 e. The third-order valence-electron chi connectivity index (χ3n) is 2.32. The van der Waals surface area contributed by atoms with Gasteiger partial charge in [0.05, 0.1) is 0 Å². The summed E-state index contributed by atoms with van der Waals surface area (Å²) in [5.41, 5.74) is 2.58. The van der Waals surface area contributed by atoms with Crippen molar-refractivity contribution in [2.45, 2.75) is 12.8 Å². The summed E-state index contributed by atoms with van der Waals surface area (Å²) in [7, 11) is 0. The molecule has 0 atom stereocenters. The molecule has 14 heavy (non-hydrogen) atoms. The standard InChI is InChI=1S/C14H14/c1-2-5-9-13(10-6-3-1)14-11-7-4-8-12-14/h2,4-12H,1,3H2/b5-2-,10-6-,13-9+. The van der Waals surface area contributed by atoms with E-state index in [9.17, 15) is 0 Å². The van der Waals surface area contributed by atoms with Crippen LogP contribution in [-0.4, -0.2) is 0 Å². The van der Waals surface area contributed by atoms with Crippen LogP contribution in [0.4, 0.5) is 0 Å². The number of benzene rings is 1. The summed E-state index contributed by atoms with van der Waals surface area (Å²) in [5, 5.41) is 0. The van der Waals surface area contributed by atoms with E-state index in [2.05, 4.69) is 54.6 Å². The van der Waals surface area contributed by atoms with Gasteiger partial charge in [-0.3, -0.25) is 0 Å². The Morgan fingerprint density at radius 3 is 2.50 bits per heavy atom. The van der Waals surface area contributed by atoms with Gasteiger partial charge in [-0.05, 0) is 24.0 Å². The zero-order chi connectivity index (χ0) is 9.64. The summed E-state index contributed by atoms with van der Waals surface area (Å²) in [5.74, 6) is 0. The van der Waals surface area contributed by atoms with E-state index in [4.69, 9.17) is 0 Å². The average Bonchev–Trinajstić information content (AvgIpc) is 2.18. The first kappa shape index (κ1) is 9.01. The molecule has 0 aromatic heterocycles. The topological polar surface area (TPSA) is 0 Å². The van der Waals surface area contributed by atoms with Crippen LogP contribution < -0.4 is 0 Å². The lowest BCUT2D eigenvalue weighted by Gasteiger charge is -2.02. The van der Waals surface area contributed by atoms with Crippen molar-refractivity contribution in [1.82, 2.24) is 0 Å². The van der Waals surface area contributed by atoms with Crippen LogP contribution in [0.3, 0.4) is 0 Å². The first-order valence-corrected chi connectivity index (χ1v) is 5.05. The third kappa shape index (κ3) is 2.23. The van der Waals surface area contributed by atoms with Crippen LogP contribution >= 0.6 is 0 Å². The number of hydrogen-bond acceptors (Lipinski definition) is 0. The number of allylic oxidation sites excluding steroid dienone is 6. The van der Waals surface area contributed by atoms with Gasteiger partial charge in [-0.1, -0.05) is 60.7 Å². The van der Waals surface area contributed by atoms with Crippen molar-refractivity contribution in [3.63, 3.8) is 0 Å². The van der Waals surface area contributed by atoms with Gasteiger partial charge < -0.3 is 0 Å². The van der Waals surface area contributed by atoms with Crippen LogP contribution in [0.1, 0.15) is 18.4 Å². The smallest absolute Gasteiger partial charge is 0.0184 e. The molecule has 2 rings (SSSR count). The van der Waals surface area contributed by atoms with Crippen molar-refractivity contribution in [2.24, 2.45) is 0 Å². The van der Waals surface area contributed by atoms with E-state index in [-0.39, 0.29) is 0 Å². The second kappa shape index (κ2) is 4.61. The van der Waals surface area contributed by atoms with Crippen molar-refractivity contribution >= 4 is 5.57 Å². The summed E-state index contributed by atoms with van der Waals surface area (Å²) in [6, 6.07) is 10.5. The lowest BCUT2D eigenvalue weighted by atomic mass is 10.0. The van der Waals surface area contributed by atoms with Crippen LogP contribution in [0.15, 0.2) is 60.7 Å². The fourth-order valence-electron chi connectivity index (χ4n) is 1.55. The average molecular weight is 182 g/mol. The highest BCUT2D eigenvalue weighted by molar-refractivity contribution is 5.75. The Kier molecular flexibility index (Phi) is 2.97. The Labute approximate surface area is 85.3 Å². The van der Waals surface area contributed by atoms with Crippen LogP contribution in [0.5, 0.6) is 0 Å². The molecule has 0 aliphatic heterocycles. The summed E-state index contributed by atoms with van der Waals surface area (Å²) >= 11 is 0. The largest absolute Gasteiger partial charge is 0.0842 e. The van der Waals surface area contributed by atoms with Gasteiger partial charge in [-0.2, -0.15) is 0 Å². The molecule has 0 heterocycles. The fourth-order valence-corrected chi connectivity index (χ4v) is 1.55. The Hall–Kier alpha value is -1.56. The molecule has 1 aromatic rings. The molecule has 0 nitrogen and oxygen atoms in total. The highest BCUT2D eigenvalue weighted by Gasteiger charge is 1.95. The van der Waals surface area contributed by atoms with E-state index >= 15 is 0 Å². The molecule has 0 radical (unpaired) electrons. The fraction of sp³-hybridized carbons (Fsp3) is 0.143. The molecule has 0 saturated heterocycles. The summed E-state index contributed by atoms with van der Waals surface area (Å²) in [6.07, 6.45) is 13.3. The van der Waals surface area contributed by atoms with Gasteiger partial charge in [0.2, 0.25) is 0 Å². The zero-order valence-corrected chi connectivity index (χ0v) is 8.19. The van der Waals surface area contributed by atoms with Crippen LogP contribution in [0, 0.1) is 0 Å². The van der Waals surface area contributed by atoms with Crippen LogP contribution in [-0.2, 0) is 0 Å². The molecular weight excluding hydrogens is 168 g/mol. The van der Waals surface area contributed by atoms with E-state index in [0.717, 1.165) is 12.8 Å². The van der Waals surface area contributed by atoms with E-state index in [1.165, 1.54) is 11.1 Å². The molecule has 0 bridgehead atoms. The van der Waals surface area contributed by atoms with E-state index in [1.54, 1.807) is 0 Å². The molecule has 70 valence electrons. The van der Waals surface area contributed by atoms with E-state index < -0.39 is 0 Å². The lowest BCUT2D eigenvalue weighted by Crippen LogP contribution is -1.81. The Morgan fingerprint density at radius 2 is 1.64 bits per heavy atom. The van der Waals surface area contributed by atoms with Crippen molar-refractivity contribution < 1.29 is 0 Å². The maximum absolute atomic E-state index is 2.24. The molecule has 0 heteroatoms. The highest BCUT2D eigenvalue weighted by atomic mass is 14.0. The maximum atomic E-state index is 2.24. The lowest BCUT2D eigenvalue weighted by molar-refractivity contribution is 1.05. The van der Waals surface area contributed by atoms with Gasteiger partial charge in [0.15, 0.2) is 0 Å². The Morgan fingerprint density at radius 1 is 0.857 bits per heavy atom. The first-order chi connectivity index (χ1) is 6.97. The third-order valence-corrected chi connectivity index (χ3v) is 2.32. The second-order valence-electron chi connectivity index (χ2n) is 3.40. The van der Waals surface area contributed by atoms with Gasteiger partial charge in [0.25, 0.3) is 0 Å². The Bertz CT molecular complexity index is 366. The second-order valence-corrected chi connectivity index (χ2v) is 3.40. The van der Waals surface area contributed by atoms with E-state index in [1.807, 2.05) is 6.07 Å². The molecule has 1 aliphatic carbocycles. The van der Waals surface area contributed by atoms with Gasteiger partial charge in [0.1, 0.15) is 0 Å². The molecule has 0 spiro atoms. The van der Waals surface area contributed by atoms with Gasteiger partial charge >= 0.3 is 0 Å². The van der Waals surface area contributed by atoms with Crippen molar-refractivity contribution in [3.05, 3.63) is 66.3 Å². The summed E-state index contributed by atoms with van der Waals surface area (Å²) in [4.78, 5) is 0. The van der Waals surface area contributed by atoms with Crippen molar-refractivity contribution in [2.75, 3.05) is 0 Å². The minimum absolute atomic E-state index is 1.14. The van der Waals surface area contributed by atoms with Crippen molar-refractivity contribution in [3.8, 4) is 0 Å². The molecule has 0 unspecified atom stereocenters. The predicted molar refractivity (Wildman–Crippen MR) is 61.9 cm³/mol. The molecule has 0 saturated carbocycles. The minimum atomic E-state index is 1.14. The van der Waals surface area contributed by atoms with Gasteiger partial charge in [-0.15, -0.1) is 0 Å². The highest BCUT2D eigenvalue weighted by Crippen LogP contribution is 2.17. The molecule has 0 amide bonds. The number of hydrogen-bond donors (Lipinski definition) is 0. The quantitative estimate of drug-likeness (QED) is 0.616. The normalized spacial score (nSPS) is 24.1. The Balaban J connectivity index is 2.32. The molecule has 1 aromatic carbocycles. The summed E-state index contributed by atoms with van der Waals surface area (Å²) < 4.78 is 0. The molecule has 0 N–H and O–H groups in total. The first-order valence-electron chi connectivity index (χ1n) is 5.05. The van der Waals surface area contributed by atoms with Crippen molar-refractivity contribution in [1.29, 1.82) is 0 Å². The predicted octanol–water partition coefficient (Wildman–Crippen LogP) is 3.98. The SMILES string of the molecule is C1=C/CC\C=C/C(c2ccccc2)=C\1. The van der Waals surface area contributed by atoms with E-state index in [0.29, 0.717) is 0 Å². The molecule has 1 aliphatic rings. The minimum Gasteiger partial charge on any atom is -0.0842 e. The molecule has 0 fully saturated rings. The van der Waals surface area contributed by atoms with Crippen LogP contribution in [0.25, 0.3) is 5.57 Å². The zero-order valence-electron chi connectivity index (χ0n) is 8.19.